The monoisotopic (exact) mass is 647 g/mol. The van der Waals surface area contributed by atoms with Gasteiger partial charge in [0.05, 0.1) is 27.7 Å². The number of aliphatic hydroxyl groups is 1. The molecule has 0 radical (unpaired) electrons. The molecule has 2 aromatic carbocycles. The van der Waals surface area contributed by atoms with Gasteiger partial charge in [-0.15, -0.1) is 11.3 Å². The van der Waals surface area contributed by atoms with Gasteiger partial charge in [0.1, 0.15) is 0 Å². The fraction of sp³-hybridized carbons (Fsp3) is 0.192. The maximum atomic E-state index is 13.2. The minimum atomic E-state index is -4.98. The highest BCUT2D eigenvalue weighted by Crippen LogP contribution is 2.40. The van der Waals surface area contributed by atoms with Gasteiger partial charge in [0.25, 0.3) is 5.91 Å². The van der Waals surface area contributed by atoms with Crippen LogP contribution >= 0.6 is 35.3 Å². The van der Waals surface area contributed by atoms with Crippen LogP contribution in [0.5, 0.6) is 0 Å². The number of aromatic carboxylic acids is 1. The predicted octanol–water partition coefficient (Wildman–Crippen LogP) is 6.33. The first-order valence-corrected chi connectivity index (χ1v) is 13.9. The van der Waals surface area contributed by atoms with Crippen molar-refractivity contribution in [2.75, 3.05) is 18.4 Å². The topological polar surface area (TPSA) is 102 Å². The summed E-state index contributed by atoms with van der Waals surface area (Å²) in [5.74, 6) is -1.62. The second-order valence-corrected chi connectivity index (χ2v) is 11.4. The second kappa shape index (κ2) is 12.4. The number of hydrogen-bond donors (Lipinski definition) is 4. The molecule has 7 nitrogen and oxygen atoms in total. The molecule has 1 atom stereocenters. The number of carbonyl (C=O) groups is 2. The van der Waals surface area contributed by atoms with Gasteiger partial charge in [0.15, 0.2) is 4.32 Å². The fourth-order valence-electron chi connectivity index (χ4n) is 3.67. The van der Waals surface area contributed by atoms with E-state index in [1.807, 2.05) is 0 Å². The highest BCUT2D eigenvalue weighted by molar-refractivity contribution is 8.26. The molecule has 1 unspecified atom stereocenters. The van der Waals surface area contributed by atoms with Crippen molar-refractivity contribution in [3.8, 4) is 11.1 Å². The molecule has 0 saturated carbocycles. The van der Waals surface area contributed by atoms with E-state index in [1.54, 1.807) is 0 Å². The smallest absolute Gasteiger partial charge is 0.416 e. The third-order valence-corrected chi connectivity index (χ3v) is 7.95. The van der Waals surface area contributed by atoms with Crippen molar-refractivity contribution in [2.24, 2.45) is 0 Å². The van der Waals surface area contributed by atoms with Crippen LogP contribution in [0.3, 0.4) is 0 Å². The Hall–Kier alpha value is -3.44. The lowest BCUT2D eigenvalue weighted by Crippen LogP contribution is -2.46. The molecule has 1 aliphatic rings. The molecular formula is C26H19F6N3O4S3. The number of alkyl halides is 6. The second-order valence-electron chi connectivity index (χ2n) is 8.83. The number of hydrogen-bond acceptors (Lipinski definition) is 8. The largest absolute Gasteiger partial charge is 0.478 e. The summed E-state index contributed by atoms with van der Waals surface area (Å²) in [4.78, 5) is 24.4. The van der Waals surface area contributed by atoms with Crippen LogP contribution in [0.1, 0.15) is 26.4 Å². The van der Waals surface area contributed by atoms with Crippen molar-refractivity contribution in [1.29, 1.82) is 0 Å². The van der Waals surface area contributed by atoms with E-state index in [9.17, 15) is 41.0 Å². The number of halogens is 6. The van der Waals surface area contributed by atoms with Gasteiger partial charge in [-0.2, -0.15) is 26.3 Å². The molecule has 222 valence electrons. The first-order chi connectivity index (χ1) is 19.6. The van der Waals surface area contributed by atoms with Crippen LogP contribution in [-0.2, 0) is 17.1 Å². The first-order valence-electron chi connectivity index (χ1n) is 11.8. The van der Waals surface area contributed by atoms with Crippen molar-refractivity contribution in [1.82, 2.24) is 10.4 Å². The lowest BCUT2D eigenvalue weighted by Gasteiger charge is -2.19. The molecule has 0 spiro atoms. The fourth-order valence-corrected chi connectivity index (χ4v) is 5.80. The number of nitrogens with zero attached hydrogens (tertiary/aromatic N) is 1. The van der Waals surface area contributed by atoms with Crippen molar-refractivity contribution >= 4 is 63.3 Å². The van der Waals surface area contributed by atoms with Crippen LogP contribution in [0.4, 0.5) is 32.0 Å². The number of amides is 1. The van der Waals surface area contributed by atoms with E-state index in [2.05, 4.69) is 10.7 Å². The molecule has 16 heteroatoms. The average Bonchev–Trinajstić information content (AvgIpc) is 3.49. The lowest BCUT2D eigenvalue weighted by molar-refractivity contribution is -0.143. The zero-order valence-electron chi connectivity index (χ0n) is 20.9. The van der Waals surface area contributed by atoms with E-state index in [0.717, 1.165) is 28.1 Å². The summed E-state index contributed by atoms with van der Waals surface area (Å²) >= 11 is 7.18. The van der Waals surface area contributed by atoms with Gasteiger partial charge in [-0.1, -0.05) is 24.0 Å². The Bertz CT molecular complexity index is 1500. The SMILES string of the molecule is O=C(O)c1ccc(NCC(O)CNN2C(=O)/C(=C/c3cc(-c4cc(C(F)(F)F)cc(C(F)(F)F)c4)cs3)SC2=S)cc1. The molecule has 1 aromatic heterocycles. The number of rotatable bonds is 9. The molecule has 4 rings (SSSR count). The van der Waals surface area contributed by atoms with Gasteiger partial charge in [-0.25, -0.2) is 15.2 Å². The summed E-state index contributed by atoms with van der Waals surface area (Å²) in [6.07, 6.45) is -9.52. The van der Waals surface area contributed by atoms with Crippen molar-refractivity contribution in [3.05, 3.63) is 80.4 Å². The van der Waals surface area contributed by atoms with Crippen LogP contribution in [0.15, 0.2) is 58.8 Å². The molecule has 1 aliphatic heterocycles. The third-order valence-electron chi connectivity index (χ3n) is 5.77. The van der Waals surface area contributed by atoms with Crippen LogP contribution in [0, 0.1) is 0 Å². The quantitative estimate of drug-likeness (QED) is 0.122. The van der Waals surface area contributed by atoms with Crippen LogP contribution in [0.25, 0.3) is 17.2 Å². The molecule has 0 aliphatic carbocycles. The van der Waals surface area contributed by atoms with Crippen LogP contribution in [-0.4, -0.2) is 50.6 Å². The summed E-state index contributed by atoms with van der Waals surface area (Å²) < 4.78 is 79.6. The van der Waals surface area contributed by atoms with Gasteiger partial charge >= 0.3 is 18.3 Å². The van der Waals surface area contributed by atoms with E-state index in [0.29, 0.717) is 22.7 Å². The number of benzene rings is 2. The molecule has 1 saturated heterocycles. The molecule has 4 N–H and O–H groups in total. The summed E-state index contributed by atoms with van der Waals surface area (Å²) in [5, 5.41) is 24.6. The number of carboxylic acid groups (broad SMARTS) is 1. The Morgan fingerprint density at radius 1 is 0.976 bits per heavy atom. The normalized spacial score (nSPS) is 15.9. The van der Waals surface area contributed by atoms with Gasteiger partial charge in [0, 0.05) is 23.7 Å². The van der Waals surface area contributed by atoms with Crippen molar-refractivity contribution < 1.29 is 46.1 Å². The molecule has 3 aromatic rings. The van der Waals surface area contributed by atoms with Gasteiger partial charge in [-0.3, -0.25) is 4.79 Å². The summed E-state index contributed by atoms with van der Waals surface area (Å²) in [5.41, 5.74) is 0.391. The van der Waals surface area contributed by atoms with Crippen LogP contribution in [0.2, 0.25) is 0 Å². The Morgan fingerprint density at radius 3 is 2.17 bits per heavy atom. The summed E-state index contributed by atoms with van der Waals surface area (Å²) in [6, 6.07) is 8.57. The zero-order chi connectivity index (χ0) is 30.8. The van der Waals surface area contributed by atoms with E-state index in [1.165, 1.54) is 41.8 Å². The van der Waals surface area contributed by atoms with Crippen molar-refractivity contribution in [3.63, 3.8) is 0 Å². The molecule has 2 heterocycles. The summed E-state index contributed by atoms with van der Waals surface area (Å²) in [7, 11) is 0. The molecule has 0 bridgehead atoms. The Kier molecular flexibility index (Phi) is 9.32. The minimum Gasteiger partial charge on any atom is -0.478 e. The van der Waals surface area contributed by atoms with Gasteiger partial charge < -0.3 is 15.5 Å². The van der Waals surface area contributed by atoms with E-state index < -0.39 is 41.5 Å². The van der Waals surface area contributed by atoms with Gasteiger partial charge in [-0.05, 0) is 71.1 Å². The number of anilines is 1. The number of thioether (sulfide) groups is 1. The van der Waals surface area contributed by atoms with Crippen LogP contribution < -0.4 is 10.7 Å². The minimum absolute atomic E-state index is 0.0562. The number of thiocarbonyl (C=S) groups is 1. The average molecular weight is 648 g/mol. The van der Waals surface area contributed by atoms with E-state index >= 15 is 0 Å². The molecule has 1 amide bonds. The molecule has 1 fully saturated rings. The number of hydrazine groups is 1. The maximum absolute atomic E-state index is 13.2. The number of aliphatic hydroxyl groups excluding tert-OH is 1. The Morgan fingerprint density at radius 2 is 1.60 bits per heavy atom. The zero-order valence-corrected chi connectivity index (χ0v) is 23.4. The summed E-state index contributed by atoms with van der Waals surface area (Å²) in [6.45, 7) is -0.0201. The first kappa shape index (κ1) is 31.5. The third kappa shape index (κ3) is 7.69. The highest BCUT2D eigenvalue weighted by Gasteiger charge is 2.37. The predicted molar refractivity (Wildman–Crippen MR) is 151 cm³/mol. The standard InChI is InChI=1S/C26H19F6N3O4S3/c27-25(28,29)16-5-14(6-17(8-16)26(30,31)32)15-7-20(41-12-15)9-21-22(37)35(24(40)42-21)34-11-19(36)10-33-18-3-1-13(2-4-18)23(38)39/h1-9,12,19,33-34,36H,10-11H2,(H,38,39)/b21-9-. The van der Waals surface area contributed by atoms with Crippen molar-refractivity contribution in [2.45, 2.75) is 18.5 Å². The highest BCUT2D eigenvalue weighted by atomic mass is 32.2. The number of carbonyl (C=O) groups excluding carboxylic acids is 1. The molecule has 42 heavy (non-hydrogen) atoms. The number of nitrogens with one attached hydrogen (secondary N) is 2. The molecular weight excluding hydrogens is 628 g/mol. The van der Waals surface area contributed by atoms with E-state index in [-0.39, 0.29) is 45.1 Å². The van der Waals surface area contributed by atoms with Gasteiger partial charge in [0.2, 0.25) is 0 Å². The number of thiophene rings is 1. The maximum Gasteiger partial charge on any atom is 0.416 e. The lowest BCUT2D eigenvalue weighted by atomic mass is 10.0. The van der Waals surface area contributed by atoms with E-state index in [4.69, 9.17) is 17.3 Å². The Balaban J connectivity index is 1.40. The number of carboxylic acids is 1. The Labute approximate surface area is 247 Å².